The van der Waals surface area contributed by atoms with Crippen LogP contribution in [0.15, 0.2) is 294 Å². The zero-order chi connectivity index (χ0) is 50.2. The van der Waals surface area contributed by atoms with Gasteiger partial charge in [0.1, 0.15) is 22.3 Å². The van der Waals surface area contributed by atoms with Crippen molar-refractivity contribution in [2.45, 2.75) is 5.41 Å². The third-order valence-electron chi connectivity index (χ3n) is 15.8. The molecule has 356 valence electrons. The third-order valence-corrected chi connectivity index (χ3v) is 15.8. The normalized spacial score (nSPS) is 13.8. The molecule has 0 N–H and O–H groups in total. The van der Waals surface area contributed by atoms with Crippen molar-refractivity contribution < 1.29 is 8.83 Å². The third kappa shape index (κ3) is 6.83. The molecule has 0 bridgehead atoms. The first-order valence-electron chi connectivity index (χ1n) is 26.1. The second-order valence-corrected chi connectivity index (χ2v) is 19.9. The fourth-order valence-corrected chi connectivity index (χ4v) is 12.3. The molecule has 0 spiro atoms. The van der Waals surface area contributed by atoms with Crippen LogP contribution in [0.5, 0.6) is 0 Å². The number of fused-ring (bicyclic) bond motifs is 9. The van der Waals surface area contributed by atoms with E-state index in [-0.39, 0.29) is 0 Å². The van der Waals surface area contributed by atoms with E-state index in [1.165, 1.54) is 50.1 Å². The van der Waals surface area contributed by atoms with Crippen molar-refractivity contribution >= 4 is 60.9 Å². The van der Waals surface area contributed by atoms with Gasteiger partial charge in [-0.3, -0.25) is 0 Å². The number of anilines is 3. The molecule has 3 heteroatoms. The first-order chi connectivity index (χ1) is 37.7. The van der Waals surface area contributed by atoms with Gasteiger partial charge in [-0.05, 0) is 116 Å². The number of para-hydroxylation sites is 4. The van der Waals surface area contributed by atoms with Gasteiger partial charge in [-0.25, -0.2) is 0 Å². The lowest BCUT2D eigenvalue weighted by atomic mass is 9.67. The number of benzene rings is 12. The first kappa shape index (κ1) is 43.6. The van der Waals surface area contributed by atoms with Crippen molar-refractivity contribution in [1.29, 1.82) is 0 Å². The highest BCUT2D eigenvalue weighted by molar-refractivity contribution is 6.11. The Balaban J connectivity index is 1.03. The highest BCUT2D eigenvalue weighted by Crippen LogP contribution is 2.61. The summed E-state index contributed by atoms with van der Waals surface area (Å²) >= 11 is 0. The van der Waals surface area contributed by atoms with E-state index >= 15 is 0 Å². The first-order valence-corrected chi connectivity index (χ1v) is 26.1. The highest BCUT2D eigenvalue weighted by Gasteiger charge is 2.48. The molecule has 14 aromatic rings. The SMILES string of the molecule is c1ccc(-c2ccc(N(c3ccc(-c4cccc5c4oc4ccccc45)cc3)c3cc(-c4cccc5c4oc4ccccc45)cc4c3-c3ccccc3C4(c3ccccc3)c3cccc(-c4ccccc4)c3)cc2)cc1. The van der Waals surface area contributed by atoms with Crippen molar-refractivity contribution in [3.63, 3.8) is 0 Å². The Hall–Kier alpha value is -9.96. The van der Waals surface area contributed by atoms with E-state index in [1.54, 1.807) is 0 Å². The van der Waals surface area contributed by atoms with Gasteiger partial charge in [0.2, 0.25) is 0 Å². The standard InChI is InChI=1S/C73H47NO2/c1-4-19-48(20-5-1)50-37-41-56(42-38-50)74(57-43-39-51(40-44-57)58-30-17-32-62-60-27-11-14-35-68(60)75-71(58)62)67-47-53(59-31-18-33-63-61-28-12-15-36-69(61)76-72(59)63)46-66-70(67)64-29-10-13-34-65(64)73(66,54-24-8-3-9-25-54)55-26-16-23-52(45-55)49-21-6-2-7-22-49/h1-47H. The lowest BCUT2D eigenvalue weighted by Gasteiger charge is -2.35. The number of rotatable bonds is 9. The fourth-order valence-electron chi connectivity index (χ4n) is 12.3. The molecular weight excluding hydrogens is 923 g/mol. The summed E-state index contributed by atoms with van der Waals surface area (Å²) in [6.45, 7) is 0. The minimum absolute atomic E-state index is 0.734. The number of furan rings is 2. The molecule has 15 rings (SSSR count). The smallest absolute Gasteiger partial charge is 0.143 e. The number of hydrogen-bond acceptors (Lipinski definition) is 3. The predicted molar refractivity (Wildman–Crippen MR) is 315 cm³/mol. The Labute approximate surface area is 440 Å². The Morgan fingerprint density at radius 1 is 0.276 bits per heavy atom. The number of hydrogen-bond donors (Lipinski definition) is 0. The van der Waals surface area contributed by atoms with Crippen LogP contribution in [0.1, 0.15) is 22.3 Å². The minimum Gasteiger partial charge on any atom is -0.455 e. The van der Waals surface area contributed by atoms with Crippen molar-refractivity contribution in [3.8, 4) is 55.6 Å². The van der Waals surface area contributed by atoms with Crippen molar-refractivity contribution in [3.05, 3.63) is 307 Å². The lowest BCUT2D eigenvalue weighted by Crippen LogP contribution is -2.28. The molecule has 1 atom stereocenters. The molecule has 2 aromatic heterocycles. The lowest BCUT2D eigenvalue weighted by molar-refractivity contribution is 0.669. The van der Waals surface area contributed by atoms with E-state index < -0.39 is 5.41 Å². The Bertz CT molecular complexity index is 4500. The molecule has 2 heterocycles. The minimum atomic E-state index is -0.734. The maximum atomic E-state index is 6.91. The zero-order valence-electron chi connectivity index (χ0n) is 41.4. The molecule has 0 fully saturated rings. The van der Waals surface area contributed by atoms with Crippen LogP contribution in [0.4, 0.5) is 17.1 Å². The molecule has 0 amide bonds. The van der Waals surface area contributed by atoms with Crippen molar-refractivity contribution in [2.75, 3.05) is 4.90 Å². The Kier molecular flexibility index (Phi) is 10.1. The van der Waals surface area contributed by atoms with Gasteiger partial charge >= 0.3 is 0 Å². The van der Waals surface area contributed by atoms with Crippen LogP contribution in [0.2, 0.25) is 0 Å². The summed E-state index contributed by atoms with van der Waals surface area (Å²) in [5, 5.41) is 4.42. The van der Waals surface area contributed by atoms with Gasteiger partial charge in [0.05, 0.1) is 11.1 Å². The summed E-state index contributed by atoms with van der Waals surface area (Å²) in [5.74, 6) is 0. The summed E-state index contributed by atoms with van der Waals surface area (Å²) in [6, 6.07) is 104. The van der Waals surface area contributed by atoms with E-state index in [1.807, 2.05) is 6.07 Å². The molecule has 1 unspecified atom stereocenters. The zero-order valence-corrected chi connectivity index (χ0v) is 41.4. The van der Waals surface area contributed by atoms with Gasteiger partial charge in [-0.2, -0.15) is 0 Å². The van der Waals surface area contributed by atoms with Gasteiger partial charge in [-0.15, -0.1) is 0 Å². The molecule has 1 aliphatic carbocycles. The highest BCUT2D eigenvalue weighted by atomic mass is 16.3. The van der Waals surface area contributed by atoms with E-state index in [2.05, 4.69) is 284 Å². The molecular formula is C73H47NO2. The van der Waals surface area contributed by atoms with Gasteiger partial charge in [-0.1, -0.05) is 231 Å². The predicted octanol–water partition coefficient (Wildman–Crippen LogP) is 20.0. The summed E-state index contributed by atoms with van der Waals surface area (Å²) in [7, 11) is 0. The molecule has 76 heavy (non-hydrogen) atoms. The fraction of sp³-hybridized carbons (Fsp3) is 0.0137. The monoisotopic (exact) mass is 969 g/mol. The molecule has 3 nitrogen and oxygen atoms in total. The van der Waals surface area contributed by atoms with Crippen LogP contribution in [-0.4, -0.2) is 0 Å². The summed E-state index contributed by atoms with van der Waals surface area (Å²) in [5.41, 5.74) is 22.0. The van der Waals surface area contributed by atoms with E-state index in [4.69, 9.17) is 8.83 Å². The quantitative estimate of drug-likeness (QED) is 0.144. The van der Waals surface area contributed by atoms with Crippen LogP contribution >= 0.6 is 0 Å². The summed E-state index contributed by atoms with van der Waals surface area (Å²) < 4.78 is 13.5. The maximum absolute atomic E-state index is 6.91. The van der Waals surface area contributed by atoms with Crippen molar-refractivity contribution in [1.82, 2.24) is 0 Å². The Morgan fingerprint density at radius 3 is 1.36 bits per heavy atom. The maximum Gasteiger partial charge on any atom is 0.143 e. The van der Waals surface area contributed by atoms with Gasteiger partial charge < -0.3 is 13.7 Å². The van der Waals surface area contributed by atoms with Crippen molar-refractivity contribution in [2.24, 2.45) is 0 Å². The average Bonchev–Trinajstić information content (AvgIpc) is 4.38. The molecule has 0 radical (unpaired) electrons. The average molecular weight is 970 g/mol. The molecule has 12 aromatic carbocycles. The molecule has 0 saturated heterocycles. The molecule has 0 saturated carbocycles. The summed E-state index contributed by atoms with van der Waals surface area (Å²) in [4.78, 5) is 2.47. The van der Waals surface area contributed by atoms with Crippen LogP contribution in [-0.2, 0) is 5.41 Å². The summed E-state index contributed by atoms with van der Waals surface area (Å²) in [6.07, 6.45) is 0. The van der Waals surface area contributed by atoms with Crippen LogP contribution in [0, 0.1) is 0 Å². The largest absolute Gasteiger partial charge is 0.455 e. The van der Waals surface area contributed by atoms with E-state index in [9.17, 15) is 0 Å². The van der Waals surface area contributed by atoms with E-state index in [0.29, 0.717) is 0 Å². The van der Waals surface area contributed by atoms with Gasteiger partial charge in [0.15, 0.2) is 0 Å². The van der Waals surface area contributed by atoms with Gasteiger partial charge in [0, 0.05) is 49.6 Å². The van der Waals surface area contributed by atoms with Crippen LogP contribution in [0.25, 0.3) is 99.5 Å². The topological polar surface area (TPSA) is 29.5 Å². The molecule has 0 aliphatic heterocycles. The van der Waals surface area contributed by atoms with Gasteiger partial charge in [0.25, 0.3) is 0 Å². The van der Waals surface area contributed by atoms with Crippen LogP contribution < -0.4 is 4.90 Å². The second-order valence-electron chi connectivity index (χ2n) is 19.9. The van der Waals surface area contributed by atoms with E-state index in [0.717, 1.165) is 88.8 Å². The number of nitrogens with zero attached hydrogens (tertiary/aromatic N) is 1. The van der Waals surface area contributed by atoms with Crippen LogP contribution in [0.3, 0.4) is 0 Å². The molecule has 1 aliphatic rings. The Morgan fingerprint density at radius 2 is 0.724 bits per heavy atom. The second kappa shape index (κ2) is 17.6.